The van der Waals surface area contributed by atoms with E-state index in [2.05, 4.69) is 10.6 Å². The summed E-state index contributed by atoms with van der Waals surface area (Å²) in [5, 5.41) is 5.94. The largest absolute Gasteiger partial charge is 0.378 e. The second-order valence-electron chi connectivity index (χ2n) is 3.94. The van der Waals surface area contributed by atoms with Crippen LogP contribution < -0.4 is 10.6 Å². The van der Waals surface area contributed by atoms with E-state index in [-0.39, 0.29) is 11.7 Å². The van der Waals surface area contributed by atoms with Gasteiger partial charge in [0.15, 0.2) is 11.6 Å². The van der Waals surface area contributed by atoms with Gasteiger partial charge in [-0.2, -0.15) is 0 Å². The van der Waals surface area contributed by atoms with E-state index in [1.54, 1.807) is 0 Å². The molecule has 2 nitrogen and oxygen atoms in total. The molecule has 1 aliphatic rings. The number of rotatable bonds is 2. The Morgan fingerprint density at radius 1 is 1.25 bits per heavy atom. The molecule has 1 unspecified atom stereocenters. The number of hydrogen-bond donors (Lipinski definition) is 2. The van der Waals surface area contributed by atoms with Gasteiger partial charge in [-0.25, -0.2) is 13.2 Å². The molecule has 88 valence electrons. The third kappa shape index (κ3) is 2.47. The Balaban J connectivity index is 2.13. The number of benzene rings is 1. The van der Waals surface area contributed by atoms with Gasteiger partial charge in [0.25, 0.3) is 0 Å². The van der Waals surface area contributed by atoms with Crippen LogP contribution in [0.2, 0.25) is 0 Å². The number of piperidine rings is 1. The fourth-order valence-electron chi connectivity index (χ4n) is 1.86. The van der Waals surface area contributed by atoms with Gasteiger partial charge < -0.3 is 10.6 Å². The molecule has 0 saturated carbocycles. The summed E-state index contributed by atoms with van der Waals surface area (Å²) in [6.07, 6.45) is 1.83. The number of anilines is 1. The van der Waals surface area contributed by atoms with Crippen LogP contribution in [0.15, 0.2) is 12.1 Å². The van der Waals surface area contributed by atoms with E-state index in [1.165, 1.54) is 0 Å². The Morgan fingerprint density at radius 3 is 2.75 bits per heavy atom. The molecular weight excluding hydrogens is 217 g/mol. The third-order valence-corrected chi connectivity index (χ3v) is 2.65. The molecule has 5 heteroatoms. The van der Waals surface area contributed by atoms with Crippen molar-refractivity contribution in [3.63, 3.8) is 0 Å². The summed E-state index contributed by atoms with van der Waals surface area (Å²) < 4.78 is 39.1. The monoisotopic (exact) mass is 230 g/mol. The molecule has 2 N–H and O–H groups in total. The summed E-state index contributed by atoms with van der Waals surface area (Å²) in [7, 11) is 0. The van der Waals surface area contributed by atoms with Crippen molar-refractivity contribution in [1.82, 2.24) is 5.32 Å². The third-order valence-electron chi connectivity index (χ3n) is 2.65. The standard InChI is InChI=1S/C11H13F3N2/c12-7-4-9(13)11(14)10(5-7)16-8-2-1-3-15-6-8/h4-5,8,15-16H,1-3,6H2. The quantitative estimate of drug-likeness (QED) is 0.761. The molecule has 0 bridgehead atoms. The first-order chi connectivity index (χ1) is 7.66. The van der Waals surface area contributed by atoms with Gasteiger partial charge in [0, 0.05) is 24.7 Å². The Bertz CT molecular complexity index is 376. The number of hydrogen-bond acceptors (Lipinski definition) is 2. The van der Waals surface area contributed by atoms with Crippen molar-refractivity contribution in [2.24, 2.45) is 0 Å². The van der Waals surface area contributed by atoms with Crippen LogP contribution in [0.25, 0.3) is 0 Å². The van der Waals surface area contributed by atoms with Crippen molar-refractivity contribution in [1.29, 1.82) is 0 Å². The second-order valence-corrected chi connectivity index (χ2v) is 3.94. The van der Waals surface area contributed by atoms with Gasteiger partial charge >= 0.3 is 0 Å². The average Bonchev–Trinajstić information content (AvgIpc) is 2.27. The van der Waals surface area contributed by atoms with Gasteiger partial charge in [-0.05, 0) is 19.4 Å². The summed E-state index contributed by atoms with van der Waals surface area (Å²) in [5.74, 6) is -2.96. The van der Waals surface area contributed by atoms with Gasteiger partial charge in [-0.15, -0.1) is 0 Å². The molecule has 16 heavy (non-hydrogen) atoms. The molecule has 1 saturated heterocycles. The molecule has 1 fully saturated rings. The van der Waals surface area contributed by atoms with Gasteiger partial charge in [0.2, 0.25) is 0 Å². The maximum absolute atomic E-state index is 13.3. The number of nitrogens with one attached hydrogen (secondary N) is 2. The van der Waals surface area contributed by atoms with Gasteiger partial charge in [0.05, 0.1) is 5.69 Å². The fraction of sp³-hybridized carbons (Fsp3) is 0.455. The molecule has 0 amide bonds. The SMILES string of the molecule is Fc1cc(F)c(F)c(NC2CCCNC2)c1. The smallest absolute Gasteiger partial charge is 0.182 e. The minimum absolute atomic E-state index is 0.0180. The minimum atomic E-state index is -1.16. The summed E-state index contributed by atoms with van der Waals surface area (Å²) >= 11 is 0. The molecular formula is C11H13F3N2. The summed E-state index contributed by atoms with van der Waals surface area (Å²) in [4.78, 5) is 0. The molecule has 0 radical (unpaired) electrons. The molecule has 1 atom stereocenters. The maximum Gasteiger partial charge on any atom is 0.182 e. The Morgan fingerprint density at radius 2 is 2.06 bits per heavy atom. The zero-order chi connectivity index (χ0) is 11.5. The normalized spacial score (nSPS) is 20.8. The Hall–Kier alpha value is -1.23. The molecule has 1 aromatic carbocycles. The highest BCUT2D eigenvalue weighted by molar-refractivity contribution is 5.46. The van der Waals surface area contributed by atoms with Crippen molar-refractivity contribution >= 4 is 5.69 Å². The van der Waals surface area contributed by atoms with E-state index >= 15 is 0 Å². The molecule has 0 aliphatic carbocycles. The fourth-order valence-corrected chi connectivity index (χ4v) is 1.86. The summed E-state index contributed by atoms with van der Waals surface area (Å²) in [6.45, 7) is 1.61. The van der Waals surface area contributed by atoms with Gasteiger partial charge in [-0.3, -0.25) is 0 Å². The minimum Gasteiger partial charge on any atom is -0.378 e. The molecule has 1 heterocycles. The van der Waals surface area contributed by atoms with E-state index < -0.39 is 17.5 Å². The zero-order valence-electron chi connectivity index (χ0n) is 8.69. The lowest BCUT2D eigenvalue weighted by atomic mass is 10.1. The summed E-state index contributed by atoms with van der Waals surface area (Å²) in [5.41, 5.74) is -0.105. The topological polar surface area (TPSA) is 24.1 Å². The first-order valence-corrected chi connectivity index (χ1v) is 5.28. The highest BCUT2D eigenvalue weighted by atomic mass is 19.2. The highest BCUT2D eigenvalue weighted by Crippen LogP contribution is 2.21. The first kappa shape index (κ1) is 11.3. The van der Waals surface area contributed by atoms with E-state index in [9.17, 15) is 13.2 Å². The van der Waals surface area contributed by atoms with E-state index in [4.69, 9.17) is 0 Å². The lowest BCUT2D eigenvalue weighted by Crippen LogP contribution is -2.38. The van der Waals surface area contributed by atoms with Crippen LogP contribution in [0.4, 0.5) is 18.9 Å². The van der Waals surface area contributed by atoms with Gasteiger partial charge in [0.1, 0.15) is 5.82 Å². The zero-order valence-corrected chi connectivity index (χ0v) is 8.69. The van der Waals surface area contributed by atoms with Crippen LogP contribution in [0.5, 0.6) is 0 Å². The van der Waals surface area contributed by atoms with Crippen LogP contribution in [0.1, 0.15) is 12.8 Å². The van der Waals surface area contributed by atoms with Crippen LogP contribution in [0.3, 0.4) is 0 Å². The highest BCUT2D eigenvalue weighted by Gasteiger charge is 2.17. The van der Waals surface area contributed by atoms with Crippen molar-refractivity contribution in [2.45, 2.75) is 18.9 Å². The number of halogens is 3. The second kappa shape index (κ2) is 4.74. The predicted molar refractivity (Wildman–Crippen MR) is 55.8 cm³/mol. The van der Waals surface area contributed by atoms with Crippen LogP contribution in [0, 0.1) is 17.5 Å². The molecule has 1 aromatic rings. The van der Waals surface area contributed by atoms with Crippen molar-refractivity contribution in [2.75, 3.05) is 18.4 Å². The van der Waals surface area contributed by atoms with Gasteiger partial charge in [-0.1, -0.05) is 0 Å². The first-order valence-electron chi connectivity index (χ1n) is 5.28. The molecule has 0 aromatic heterocycles. The Labute approximate surface area is 91.8 Å². The van der Waals surface area contributed by atoms with Crippen LogP contribution in [-0.2, 0) is 0 Å². The molecule has 2 rings (SSSR count). The van der Waals surface area contributed by atoms with E-state index in [0.29, 0.717) is 12.6 Å². The lowest BCUT2D eigenvalue weighted by molar-refractivity contribution is 0.469. The maximum atomic E-state index is 13.3. The van der Waals surface area contributed by atoms with Crippen LogP contribution >= 0.6 is 0 Å². The molecule has 1 aliphatic heterocycles. The Kier molecular flexibility index (Phi) is 3.33. The predicted octanol–water partition coefficient (Wildman–Crippen LogP) is 2.27. The van der Waals surface area contributed by atoms with Crippen molar-refractivity contribution < 1.29 is 13.2 Å². The summed E-state index contributed by atoms with van der Waals surface area (Å²) in [6, 6.07) is 1.54. The molecule has 0 spiro atoms. The van der Waals surface area contributed by atoms with Crippen LogP contribution in [-0.4, -0.2) is 19.1 Å². The lowest BCUT2D eigenvalue weighted by Gasteiger charge is -2.25. The van der Waals surface area contributed by atoms with Crippen molar-refractivity contribution in [3.8, 4) is 0 Å². The average molecular weight is 230 g/mol. The van der Waals surface area contributed by atoms with Crippen molar-refractivity contribution in [3.05, 3.63) is 29.6 Å². The van der Waals surface area contributed by atoms with E-state index in [0.717, 1.165) is 25.5 Å². The van der Waals surface area contributed by atoms with E-state index in [1.807, 2.05) is 0 Å².